The standard InChI is InChI=1S/C13H17NO3/c1-15-10-8-12(16-2)11(6-4-5-7-14)13(9-10)17-3/h8-9H,5,7,14H2,1-3H3. The van der Waals surface area contributed by atoms with Crippen molar-refractivity contribution in [3.63, 3.8) is 0 Å². The lowest BCUT2D eigenvalue weighted by Gasteiger charge is -2.11. The number of benzene rings is 1. The summed E-state index contributed by atoms with van der Waals surface area (Å²) in [6.45, 7) is 0.536. The van der Waals surface area contributed by atoms with E-state index >= 15 is 0 Å². The monoisotopic (exact) mass is 235 g/mol. The summed E-state index contributed by atoms with van der Waals surface area (Å²) in [7, 11) is 4.76. The van der Waals surface area contributed by atoms with Gasteiger partial charge in [0.2, 0.25) is 0 Å². The van der Waals surface area contributed by atoms with Gasteiger partial charge in [0.1, 0.15) is 22.8 Å². The Balaban J connectivity index is 3.21. The number of nitrogens with two attached hydrogens (primary N) is 1. The van der Waals surface area contributed by atoms with Crippen molar-refractivity contribution in [2.24, 2.45) is 5.73 Å². The molecule has 0 bridgehead atoms. The largest absolute Gasteiger partial charge is 0.496 e. The molecule has 0 spiro atoms. The van der Waals surface area contributed by atoms with E-state index in [1.54, 1.807) is 33.5 Å². The zero-order valence-corrected chi connectivity index (χ0v) is 10.4. The van der Waals surface area contributed by atoms with Gasteiger partial charge in [-0.15, -0.1) is 0 Å². The van der Waals surface area contributed by atoms with Crippen molar-refractivity contribution in [1.29, 1.82) is 0 Å². The van der Waals surface area contributed by atoms with Crippen LogP contribution in [0.5, 0.6) is 17.2 Å². The Morgan fingerprint density at radius 3 is 2.06 bits per heavy atom. The molecular formula is C13H17NO3. The summed E-state index contributed by atoms with van der Waals surface area (Å²) < 4.78 is 15.7. The van der Waals surface area contributed by atoms with Crippen molar-refractivity contribution in [3.8, 4) is 29.1 Å². The van der Waals surface area contributed by atoms with Crippen LogP contribution in [0, 0.1) is 11.8 Å². The number of hydrogen-bond acceptors (Lipinski definition) is 4. The van der Waals surface area contributed by atoms with Crippen LogP contribution >= 0.6 is 0 Å². The molecule has 0 aliphatic carbocycles. The highest BCUT2D eigenvalue weighted by molar-refractivity contribution is 5.58. The summed E-state index contributed by atoms with van der Waals surface area (Å²) in [5.74, 6) is 7.89. The van der Waals surface area contributed by atoms with Crippen LogP contribution in [0.4, 0.5) is 0 Å². The molecule has 1 aromatic rings. The van der Waals surface area contributed by atoms with Gasteiger partial charge in [-0.05, 0) is 0 Å². The second-order valence-corrected chi connectivity index (χ2v) is 3.25. The van der Waals surface area contributed by atoms with Gasteiger partial charge in [-0.3, -0.25) is 0 Å². The molecule has 0 aromatic heterocycles. The number of rotatable bonds is 4. The summed E-state index contributed by atoms with van der Waals surface area (Å²) >= 11 is 0. The fraction of sp³-hybridized carbons (Fsp3) is 0.385. The summed E-state index contributed by atoms with van der Waals surface area (Å²) in [6.07, 6.45) is 0.637. The van der Waals surface area contributed by atoms with Crippen LogP contribution in [0.2, 0.25) is 0 Å². The average Bonchev–Trinajstić information content (AvgIpc) is 2.38. The predicted octanol–water partition coefficient (Wildman–Crippen LogP) is 1.41. The second-order valence-electron chi connectivity index (χ2n) is 3.25. The first-order valence-corrected chi connectivity index (χ1v) is 5.25. The van der Waals surface area contributed by atoms with E-state index in [2.05, 4.69) is 11.8 Å². The molecule has 0 atom stereocenters. The van der Waals surface area contributed by atoms with Crippen LogP contribution in [0.3, 0.4) is 0 Å². The predicted molar refractivity (Wildman–Crippen MR) is 66.6 cm³/mol. The molecule has 4 heteroatoms. The van der Waals surface area contributed by atoms with E-state index in [1.165, 1.54) is 0 Å². The molecular weight excluding hydrogens is 218 g/mol. The normalized spacial score (nSPS) is 9.18. The Morgan fingerprint density at radius 2 is 1.65 bits per heavy atom. The second kappa shape index (κ2) is 6.66. The summed E-state index contributed by atoms with van der Waals surface area (Å²) in [6, 6.07) is 3.55. The third kappa shape index (κ3) is 3.30. The maximum absolute atomic E-state index is 5.39. The molecule has 92 valence electrons. The quantitative estimate of drug-likeness (QED) is 0.802. The molecule has 0 amide bonds. The summed E-state index contributed by atoms with van der Waals surface area (Å²) in [5, 5.41) is 0. The third-order valence-electron chi connectivity index (χ3n) is 2.20. The zero-order chi connectivity index (χ0) is 12.7. The number of hydrogen-bond donors (Lipinski definition) is 1. The first-order valence-electron chi connectivity index (χ1n) is 5.25. The highest BCUT2D eigenvalue weighted by Crippen LogP contribution is 2.33. The first-order chi connectivity index (χ1) is 8.26. The van der Waals surface area contributed by atoms with Gasteiger partial charge in [0.05, 0.1) is 21.3 Å². The molecule has 0 unspecified atom stereocenters. The van der Waals surface area contributed by atoms with Gasteiger partial charge in [-0.2, -0.15) is 0 Å². The lowest BCUT2D eigenvalue weighted by Crippen LogP contribution is -1.97. The highest BCUT2D eigenvalue weighted by atomic mass is 16.5. The van der Waals surface area contributed by atoms with Gasteiger partial charge in [-0.1, -0.05) is 11.8 Å². The van der Waals surface area contributed by atoms with Crippen LogP contribution in [0.1, 0.15) is 12.0 Å². The van der Waals surface area contributed by atoms with Crippen molar-refractivity contribution in [2.45, 2.75) is 6.42 Å². The molecule has 0 saturated heterocycles. The van der Waals surface area contributed by atoms with Crippen LogP contribution in [0.15, 0.2) is 12.1 Å². The van der Waals surface area contributed by atoms with Crippen molar-refractivity contribution in [3.05, 3.63) is 17.7 Å². The van der Waals surface area contributed by atoms with E-state index in [4.69, 9.17) is 19.9 Å². The van der Waals surface area contributed by atoms with Gasteiger partial charge in [0, 0.05) is 25.1 Å². The average molecular weight is 235 g/mol. The summed E-state index contributed by atoms with van der Waals surface area (Å²) in [5.41, 5.74) is 6.11. The Labute approximate surface area is 102 Å². The van der Waals surface area contributed by atoms with Crippen LogP contribution in [-0.4, -0.2) is 27.9 Å². The molecule has 0 fully saturated rings. The number of ether oxygens (including phenoxy) is 3. The zero-order valence-electron chi connectivity index (χ0n) is 10.4. The van der Waals surface area contributed by atoms with E-state index in [0.717, 1.165) is 0 Å². The van der Waals surface area contributed by atoms with Crippen molar-refractivity contribution < 1.29 is 14.2 Å². The van der Waals surface area contributed by atoms with E-state index in [-0.39, 0.29) is 0 Å². The van der Waals surface area contributed by atoms with E-state index in [9.17, 15) is 0 Å². The van der Waals surface area contributed by atoms with Crippen molar-refractivity contribution in [1.82, 2.24) is 0 Å². The Bertz CT molecular complexity index is 407. The van der Waals surface area contributed by atoms with Gasteiger partial charge in [0.15, 0.2) is 0 Å². The van der Waals surface area contributed by atoms with Crippen LogP contribution in [0.25, 0.3) is 0 Å². The Hall–Kier alpha value is -1.86. The topological polar surface area (TPSA) is 53.7 Å². The minimum Gasteiger partial charge on any atom is -0.496 e. The molecule has 1 aromatic carbocycles. The SMILES string of the molecule is COc1cc(OC)c(C#CCCN)c(OC)c1. The van der Waals surface area contributed by atoms with Crippen LogP contribution in [-0.2, 0) is 0 Å². The highest BCUT2D eigenvalue weighted by Gasteiger charge is 2.10. The molecule has 0 aliphatic rings. The molecule has 17 heavy (non-hydrogen) atoms. The first kappa shape index (κ1) is 13.2. The van der Waals surface area contributed by atoms with Gasteiger partial charge in [-0.25, -0.2) is 0 Å². The lowest BCUT2D eigenvalue weighted by molar-refractivity contribution is 0.374. The number of methoxy groups -OCH3 is 3. The van der Waals surface area contributed by atoms with Gasteiger partial charge in [0.25, 0.3) is 0 Å². The molecule has 1 rings (SSSR count). The Morgan fingerprint density at radius 1 is 1.06 bits per heavy atom. The fourth-order valence-electron chi connectivity index (χ4n) is 1.35. The molecule has 4 nitrogen and oxygen atoms in total. The maximum Gasteiger partial charge on any atom is 0.141 e. The minimum atomic E-state index is 0.536. The smallest absolute Gasteiger partial charge is 0.141 e. The molecule has 2 N–H and O–H groups in total. The fourth-order valence-corrected chi connectivity index (χ4v) is 1.35. The third-order valence-corrected chi connectivity index (χ3v) is 2.20. The van der Waals surface area contributed by atoms with Gasteiger partial charge < -0.3 is 19.9 Å². The van der Waals surface area contributed by atoms with Crippen molar-refractivity contribution in [2.75, 3.05) is 27.9 Å². The van der Waals surface area contributed by atoms with Crippen LogP contribution < -0.4 is 19.9 Å². The molecule has 0 aliphatic heterocycles. The summed E-state index contributed by atoms with van der Waals surface area (Å²) in [4.78, 5) is 0. The van der Waals surface area contributed by atoms with E-state index in [1.807, 2.05) is 0 Å². The van der Waals surface area contributed by atoms with E-state index in [0.29, 0.717) is 35.8 Å². The lowest BCUT2D eigenvalue weighted by atomic mass is 10.1. The van der Waals surface area contributed by atoms with E-state index < -0.39 is 0 Å². The Kier molecular flexibility index (Phi) is 5.18. The maximum atomic E-state index is 5.39. The molecule has 0 radical (unpaired) electrons. The molecule has 0 heterocycles. The van der Waals surface area contributed by atoms with Crippen molar-refractivity contribution >= 4 is 0 Å². The minimum absolute atomic E-state index is 0.536. The van der Waals surface area contributed by atoms with Gasteiger partial charge >= 0.3 is 0 Å². The molecule has 0 saturated carbocycles.